The first-order chi connectivity index (χ1) is 15.2. The van der Waals surface area contributed by atoms with Gasteiger partial charge in [0.25, 0.3) is 0 Å². The third-order valence-corrected chi connectivity index (χ3v) is 6.16. The van der Waals surface area contributed by atoms with E-state index in [9.17, 15) is 4.79 Å². The van der Waals surface area contributed by atoms with Crippen LogP contribution in [0.5, 0.6) is 5.75 Å². The molecule has 1 saturated carbocycles. The number of carbonyl (C=O) groups is 1. The minimum Gasteiger partial charge on any atom is -0.482 e. The highest BCUT2D eigenvalue weighted by atomic mass is 16.6. The number of nitrogens with zero attached hydrogens (tertiary/aromatic N) is 1. The number of allylic oxidation sites excluding steroid dienone is 1. The molecular formula is C25H30N2O4. The maximum atomic E-state index is 10.9. The van der Waals surface area contributed by atoms with Gasteiger partial charge in [-0.1, -0.05) is 18.6 Å². The van der Waals surface area contributed by atoms with Gasteiger partial charge >= 0.3 is 5.97 Å². The van der Waals surface area contributed by atoms with Gasteiger partial charge in [-0.15, -0.1) is 0 Å². The van der Waals surface area contributed by atoms with E-state index in [-0.39, 0.29) is 12.5 Å². The van der Waals surface area contributed by atoms with Gasteiger partial charge in [0.1, 0.15) is 5.75 Å². The zero-order valence-electron chi connectivity index (χ0n) is 17.8. The Labute approximate surface area is 183 Å². The standard InChI is InChI=1S/C25H30N2O4/c28-24(29)17-30-23-13-5-11-21-20(9-4-12-22(21)23)16-31-27-25(18-7-2-1-3-8-18)19-10-6-14-26-15-19/h5-6,10-11,13-15,20,27H,1-4,7-9,12,16-17H2,(H,28,29). The summed E-state index contributed by atoms with van der Waals surface area (Å²) in [5, 5.41) is 8.94. The summed E-state index contributed by atoms with van der Waals surface area (Å²) in [6.07, 6.45) is 12.6. The molecule has 0 aliphatic heterocycles. The molecule has 0 bridgehead atoms. The summed E-state index contributed by atoms with van der Waals surface area (Å²) in [4.78, 5) is 21.2. The molecule has 4 rings (SSSR count). The van der Waals surface area contributed by atoms with Gasteiger partial charge in [-0.05, 0) is 79.8 Å². The molecule has 2 N–H and O–H groups in total. The topological polar surface area (TPSA) is 80.7 Å². The lowest BCUT2D eigenvalue weighted by atomic mass is 9.83. The van der Waals surface area contributed by atoms with Crippen LogP contribution in [0.15, 0.2) is 48.3 Å². The lowest BCUT2D eigenvalue weighted by Crippen LogP contribution is -2.23. The van der Waals surface area contributed by atoms with Crippen molar-refractivity contribution in [3.05, 3.63) is 65.0 Å². The summed E-state index contributed by atoms with van der Waals surface area (Å²) in [6.45, 7) is 0.230. The predicted octanol–water partition coefficient (Wildman–Crippen LogP) is 4.86. The average molecular weight is 423 g/mol. The number of pyridine rings is 1. The normalized spacial score (nSPS) is 18.2. The third-order valence-electron chi connectivity index (χ3n) is 6.16. The quantitative estimate of drug-likeness (QED) is 0.591. The first kappa shape index (κ1) is 21.4. The Morgan fingerprint density at radius 3 is 2.74 bits per heavy atom. The molecular weight excluding hydrogens is 392 g/mol. The van der Waals surface area contributed by atoms with E-state index in [1.165, 1.54) is 30.4 Å². The van der Waals surface area contributed by atoms with Crippen molar-refractivity contribution in [3.8, 4) is 5.75 Å². The van der Waals surface area contributed by atoms with Crippen LogP contribution in [0.4, 0.5) is 0 Å². The van der Waals surface area contributed by atoms with Gasteiger partial charge in [0, 0.05) is 23.9 Å². The molecule has 0 amide bonds. The number of aromatic nitrogens is 1. The van der Waals surface area contributed by atoms with Crippen LogP contribution < -0.4 is 10.2 Å². The molecule has 2 aliphatic rings. The number of carboxylic acid groups (broad SMARTS) is 1. The Bertz CT molecular complexity index is 918. The molecule has 1 aromatic heterocycles. The monoisotopic (exact) mass is 422 g/mol. The third kappa shape index (κ3) is 5.44. The minimum atomic E-state index is -0.962. The summed E-state index contributed by atoms with van der Waals surface area (Å²) in [7, 11) is 0. The number of nitrogens with one attached hydrogen (secondary N) is 1. The summed E-state index contributed by atoms with van der Waals surface area (Å²) in [6, 6.07) is 9.93. The van der Waals surface area contributed by atoms with E-state index < -0.39 is 5.97 Å². The number of benzene rings is 1. The van der Waals surface area contributed by atoms with Crippen LogP contribution in [0, 0.1) is 0 Å². The molecule has 1 heterocycles. The van der Waals surface area contributed by atoms with Crippen LogP contribution in [-0.2, 0) is 16.1 Å². The number of fused-ring (bicyclic) bond motifs is 1. The molecule has 1 aromatic carbocycles. The van der Waals surface area contributed by atoms with Crippen molar-refractivity contribution in [2.45, 2.75) is 57.3 Å². The fourth-order valence-electron chi connectivity index (χ4n) is 4.65. The Morgan fingerprint density at radius 2 is 1.97 bits per heavy atom. The molecule has 0 saturated heterocycles. The number of hydrogen-bond donors (Lipinski definition) is 2. The predicted molar refractivity (Wildman–Crippen MR) is 119 cm³/mol. The summed E-state index contributed by atoms with van der Waals surface area (Å²) in [5.74, 6) is -0.0368. The molecule has 6 heteroatoms. The SMILES string of the molecule is O=C(O)COc1cccc2c1CCCC2CONC(=C1CCCCC1)c1cccnc1. The average Bonchev–Trinajstić information content (AvgIpc) is 2.81. The van der Waals surface area contributed by atoms with E-state index in [1.54, 1.807) is 6.20 Å². The first-order valence-corrected chi connectivity index (χ1v) is 11.2. The largest absolute Gasteiger partial charge is 0.482 e. The molecule has 1 unspecified atom stereocenters. The van der Waals surface area contributed by atoms with Crippen LogP contribution in [0.3, 0.4) is 0 Å². The first-order valence-electron chi connectivity index (χ1n) is 11.2. The molecule has 1 atom stereocenters. The van der Waals surface area contributed by atoms with Gasteiger partial charge in [-0.3, -0.25) is 15.3 Å². The number of aliphatic carboxylic acids is 1. The molecule has 2 aromatic rings. The highest BCUT2D eigenvalue weighted by molar-refractivity contribution is 5.68. The molecule has 164 valence electrons. The van der Waals surface area contributed by atoms with Crippen molar-refractivity contribution < 1.29 is 19.5 Å². The second-order valence-electron chi connectivity index (χ2n) is 8.29. The fraction of sp³-hybridized carbons (Fsp3) is 0.440. The van der Waals surface area contributed by atoms with Crippen LogP contribution in [0.1, 0.15) is 67.6 Å². The second-order valence-corrected chi connectivity index (χ2v) is 8.29. The Balaban J connectivity index is 1.46. The highest BCUT2D eigenvalue weighted by Gasteiger charge is 2.24. The maximum Gasteiger partial charge on any atom is 0.341 e. The number of carboxylic acids is 1. The summed E-state index contributed by atoms with van der Waals surface area (Å²) >= 11 is 0. The highest BCUT2D eigenvalue weighted by Crippen LogP contribution is 2.37. The van der Waals surface area contributed by atoms with Gasteiger partial charge < -0.3 is 9.84 Å². The number of ether oxygens (including phenoxy) is 1. The van der Waals surface area contributed by atoms with Crippen LogP contribution in [0.2, 0.25) is 0 Å². The zero-order chi connectivity index (χ0) is 21.5. The lowest BCUT2D eigenvalue weighted by molar-refractivity contribution is -0.139. The van der Waals surface area contributed by atoms with E-state index in [1.807, 2.05) is 24.4 Å². The van der Waals surface area contributed by atoms with Crippen LogP contribution >= 0.6 is 0 Å². The summed E-state index contributed by atoms with van der Waals surface area (Å²) < 4.78 is 5.52. The molecule has 6 nitrogen and oxygen atoms in total. The van der Waals surface area contributed by atoms with Crippen molar-refractivity contribution in [2.24, 2.45) is 0 Å². The van der Waals surface area contributed by atoms with E-state index >= 15 is 0 Å². The number of rotatable bonds is 8. The van der Waals surface area contributed by atoms with Gasteiger partial charge in [0.05, 0.1) is 12.3 Å². The van der Waals surface area contributed by atoms with Crippen molar-refractivity contribution in [2.75, 3.05) is 13.2 Å². The zero-order valence-corrected chi connectivity index (χ0v) is 17.8. The number of hydrogen-bond acceptors (Lipinski definition) is 5. The molecule has 1 fully saturated rings. The maximum absolute atomic E-state index is 10.9. The van der Waals surface area contributed by atoms with E-state index in [0.29, 0.717) is 12.4 Å². The molecule has 0 spiro atoms. The van der Waals surface area contributed by atoms with Crippen molar-refractivity contribution in [1.82, 2.24) is 10.5 Å². The van der Waals surface area contributed by atoms with Gasteiger partial charge in [-0.2, -0.15) is 0 Å². The second kappa shape index (κ2) is 10.4. The van der Waals surface area contributed by atoms with Crippen LogP contribution in [-0.4, -0.2) is 29.3 Å². The minimum absolute atomic E-state index is 0.246. The van der Waals surface area contributed by atoms with Crippen molar-refractivity contribution >= 4 is 11.7 Å². The van der Waals surface area contributed by atoms with Crippen molar-refractivity contribution in [1.29, 1.82) is 0 Å². The van der Waals surface area contributed by atoms with Gasteiger partial charge in [0.2, 0.25) is 0 Å². The Hall–Kier alpha value is -2.86. The van der Waals surface area contributed by atoms with E-state index in [4.69, 9.17) is 14.7 Å². The van der Waals surface area contributed by atoms with E-state index in [2.05, 4.69) is 22.6 Å². The van der Waals surface area contributed by atoms with Gasteiger partial charge in [0.15, 0.2) is 6.61 Å². The van der Waals surface area contributed by atoms with Crippen LogP contribution in [0.25, 0.3) is 5.70 Å². The smallest absolute Gasteiger partial charge is 0.341 e. The summed E-state index contributed by atoms with van der Waals surface area (Å²) in [5.41, 5.74) is 9.11. The molecule has 0 radical (unpaired) electrons. The number of hydroxylamine groups is 1. The molecule has 31 heavy (non-hydrogen) atoms. The Morgan fingerprint density at radius 1 is 1.10 bits per heavy atom. The van der Waals surface area contributed by atoms with Crippen molar-refractivity contribution in [3.63, 3.8) is 0 Å². The lowest BCUT2D eigenvalue weighted by Gasteiger charge is -2.27. The fourth-order valence-corrected chi connectivity index (χ4v) is 4.65. The van der Waals surface area contributed by atoms with Gasteiger partial charge in [-0.25, -0.2) is 4.79 Å². The van der Waals surface area contributed by atoms with E-state index in [0.717, 1.165) is 48.9 Å². The Kier molecular flexibility index (Phi) is 7.20. The molecule has 2 aliphatic carbocycles.